The number of urea groups is 1. The van der Waals surface area contributed by atoms with Crippen LogP contribution in [0.5, 0.6) is 0 Å². The summed E-state index contributed by atoms with van der Waals surface area (Å²) in [6.45, 7) is 0.726. The second kappa shape index (κ2) is 7.54. The van der Waals surface area contributed by atoms with Gasteiger partial charge in [0.25, 0.3) is 0 Å². The Morgan fingerprint density at radius 1 is 1.10 bits per heavy atom. The van der Waals surface area contributed by atoms with E-state index in [0.717, 1.165) is 55.7 Å². The van der Waals surface area contributed by atoms with Gasteiger partial charge >= 0.3 is 6.03 Å². The van der Waals surface area contributed by atoms with E-state index in [9.17, 15) is 9.59 Å². The summed E-state index contributed by atoms with van der Waals surface area (Å²) < 4.78 is 0. The van der Waals surface area contributed by atoms with Gasteiger partial charge in [-0.2, -0.15) is 0 Å². The number of likely N-dealkylation sites (tertiary alicyclic amines) is 1. The Morgan fingerprint density at radius 3 is 2.84 bits per heavy atom. The first kappa shape index (κ1) is 20.1. The van der Waals surface area contributed by atoms with Crippen LogP contribution >= 0.6 is 11.8 Å². The van der Waals surface area contributed by atoms with Gasteiger partial charge in [-0.1, -0.05) is 42.1 Å². The zero-order chi connectivity index (χ0) is 21.1. The lowest BCUT2D eigenvalue weighted by Gasteiger charge is -2.49. The van der Waals surface area contributed by atoms with E-state index in [1.165, 1.54) is 55.9 Å². The number of benzene rings is 1. The molecule has 1 N–H and O–H groups in total. The molecular weight excluding hydrogens is 404 g/mol. The molecule has 1 aliphatic heterocycles. The number of nitrogens with zero attached hydrogens (tertiary/aromatic N) is 1. The highest BCUT2D eigenvalue weighted by atomic mass is 32.2. The zero-order valence-electron chi connectivity index (χ0n) is 18.4. The first-order valence-corrected chi connectivity index (χ1v) is 13.3. The molecule has 3 bridgehead atoms. The van der Waals surface area contributed by atoms with Crippen LogP contribution in [0.1, 0.15) is 63.4 Å². The third kappa shape index (κ3) is 3.34. The van der Waals surface area contributed by atoms with E-state index in [0.29, 0.717) is 5.41 Å². The monoisotopic (exact) mass is 438 g/mol. The summed E-state index contributed by atoms with van der Waals surface area (Å²) in [7, 11) is 0. The van der Waals surface area contributed by atoms with E-state index in [2.05, 4.69) is 29.6 Å². The topological polar surface area (TPSA) is 49.4 Å². The Labute approximate surface area is 189 Å². The highest BCUT2D eigenvalue weighted by Gasteiger charge is 2.71. The summed E-state index contributed by atoms with van der Waals surface area (Å²) in [6.07, 6.45) is 11.6. The molecule has 5 heteroatoms. The van der Waals surface area contributed by atoms with Crippen LogP contribution in [-0.4, -0.2) is 39.9 Å². The molecule has 1 aromatic rings. The van der Waals surface area contributed by atoms with Gasteiger partial charge in [0.15, 0.2) is 0 Å². The largest absolute Gasteiger partial charge is 0.332 e. The third-order valence-electron chi connectivity index (χ3n) is 9.32. The van der Waals surface area contributed by atoms with Crippen molar-refractivity contribution in [2.45, 2.75) is 75.8 Å². The van der Waals surface area contributed by atoms with E-state index in [4.69, 9.17) is 0 Å². The van der Waals surface area contributed by atoms with Gasteiger partial charge in [-0.15, -0.1) is 0 Å². The Kier molecular flexibility index (Phi) is 4.90. The molecule has 2 amide bonds. The fourth-order valence-corrected chi connectivity index (χ4v) is 9.17. The van der Waals surface area contributed by atoms with Gasteiger partial charge < -0.3 is 10.2 Å². The van der Waals surface area contributed by atoms with Crippen molar-refractivity contribution in [2.75, 3.05) is 12.3 Å². The summed E-state index contributed by atoms with van der Waals surface area (Å²) in [5, 5.41) is 3.70. The number of hydrogen-bond acceptors (Lipinski definition) is 3. The number of carbonyl (C=O) groups excluding carboxylic acids is 2. The molecule has 0 aromatic heterocycles. The summed E-state index contributed by atoms with van der Waals surface area (Å²) in [5.74, 6) is 3.44. The maximum absolute atomic E-state index is 13.3. The predicted molar refractivity (Wildman–Crippen MR) is 124 cm³/mol. The number of fused-ring (bicyclic) bond motifs is 2. The van der Waals surface area contributed by atoms with Crippen LogP contribution in [0.2, 0.25) is 0 Å². The van der Waals surface area contributed by atoms with Crippen LogP contribution in [0.3, 0.4) is 0 Å². The first-order chi connectivity index (χ1) is 15.1. The fourth-order valence-electron chi connectivity index (χ4n) is 8.25. The van der Waals surface area contributed by atoms with Crippen LogP contribution in [0.4, 0.5) is 4.79 Å². The molecule has 6 rings (SSSR count). The molecule has 4 nitrogen and oxygen atoms in total. The molecule has 5 unspecified atom stereocenters. The average molecular weight is 439 g/mol. The number of hydrogen-bond donors (Lipinski definition) is 1. The van der Waals surface area contributed by atoms with Gasteiger partial charge in [0, 0.05) is 17.8 Å². The lowest BCUT2D eigenvalue weighted by atomic mass is 9.56. The molecule has 6 atom stereocenters. The highest BCUT2D eigenvalue weighted by molar-refractivity contribution is 8.13. The van der Waals surface area contributed by atoms with Crippen molar-refractivity contribution in [3.63, 3.8) is 0 Å². The Bertz CT molecular complexity index is 871. The summed E-state index contributed by atoms with van der Waals surface area (Å²) in [6, 6.07) is 10.3. The fraction of sp³-hybridized carbons (Fsp3) is 0.692. The minimum absolute atomic E-state index is 0.0227. The van der Waals surface area contributed by atoms with Crippen molar-refractivity contribution in [2.24, 2.45) is 23.2 Å². The Hall–Kier alpha value is -1.49. The van der Waals surface area contributed by atoms with Crippen molar-refractivity contribution in [3.05, 3.63) is 35.9 Å². The molecule has 4 aliphatic carbocycles. The van der Waals surface area contributed by atoms with Crippen LogP contribution in [0, 0.1) is 23.2 Å². The van der Waals surface area contributed by atoms with Crippen molar-refractivity contribution in [1.82, 2.24) is 10.2 Å². The SMILES string of the molecule is O=C(SCCCc1ccccc1)[C@@H]1CCCN1C(=O)NC12CC3CC4CC(C1)C4(C3)C2. The smallest absolute Gasteiger partial charge is 0.318 e. The number of carbonyl (C=O) groups is 2. The van der Waals surface area contributed by atoms with Crippen LogP contribution < -0.4 is 5.32 Å². The first-order valence-electron chi connectivity index (χ1n) is 12.4. The number of rotatable bonds is 6. The van der Waals surface area contributed by atoms with Crippen LogP contribution in [-0.2, 0) is 11.2 Å². The number of amides is 2. The third-order valence-corrected chi connectivity index (χ3v) is 10.4. The molecule has 1 spiro atoms. The molecule has 166 valence electrons. The summed E-state index contributed by atoms with van der Waals surface area (Å²) >= 11 is 1.43. The highest BCUT2D eigenvalue weighted by Crippen LogP contribution is 2.76. The number of aryl methyl sites for hydroxylation is 1. The van der Waals surface area contributed by atoms with E-state index in [1.807, 2.05) is 11.0 Å². The maximum Gasteiger partial charge on any atom is 0.318 e. The molecule has 5 aliphatic rings. The molecule has 1 aromatic carbocycles. The van der Waals surface area contributed by atoms with E-state index in [-0.39, 0.29) is 22.7 Å². The summed E-state index contributed by atoms with van der Waals surface area (Å²) in [5.41, 5.74) is 1.92. The van der Waals surface area contributed by atoms with Gasteiger partial charge in [-0.05, 0) is 92.9 Å². The molecule has 4 saturated carbocycles. The van der Waals surface area contributed by atoms with E-state index in [1.54, 1.807) is 0 Å². The molecule has 0 radical (unpaired) electrons. The lowest BCUT2D eigenvalue weighted by Crippen LogP contribution is -2.55. The Morgan fingerprint density at radius 2 is 1.97 bits per heavy atom. The van der Waals surface area contributed by atoms with Crippen molar-refractivity contribution < 1.29 is 9.59 Å². The van der Waals surface area contributed by atoms with Crippen molar-refractivity contribution in [3.8, 4) is 0 Å². The maximum atomic E-state index is 13.3. The summed E-state index contributed by atoms with van der Waals surface area (Å²) in [4.78, 5) is 28.1. The quantitative estimate of drug-likeness (QED) is 0.634. The van der Waals surface area contributed by atoms with Crippen molar-refractivity contribution in [1.29, 1.82) is 0 Å². The van der Waals surface area contributed by atoms with Gasteiger partial charge in [-0.3, -0.25) is 4.79 Å². The van der Waals surface area contributed by atoms with Gasteiger partial charge in [0.2, 0.25) is 5.12 Å². The molecule has 1 heterocycles. The van der Waals surface area contributed by atoms with E-state index < -0.39 is 0 Å². The minimum atomic E-state index is -0.234. The number of nitrogens with one attached hydrogen (secondary N) is 1. The Balaban J connectivity index is 1.04. The average Bonchev–Trinajstić information content (AvgIpc) is 3.37. The lowest BCUT2D eigenvalue weighted by molar-refractivity contribution is -0.114. The van der Waals surface area contributed by atoms with E-state index >= 15 is 0 Å². The normalized spacial score (nSPS) is 39.4. The molecule has 1 saturated heterocycles. The van der Waals surface area contributed by atoms with Gasteiger partial charge in [0.1, 0.15) is 6.04 Å². The van der Waals surface area contributed by atoms with Gasteiger partial charge in [-0.25, -0.2) is 4.79 Å². The number of thioether (sulfide) groups is 1. The molecule has 31 heavy (non-hydrogen) atoms. The standard InChI is InChI=1S/C26H34N2O2S/c29-23(31-11-5-8-18-6-2-1-3-7-18)22-9-4-10-28(22)24(30)27-25-14-19-12-20-13-21(16-25)26(20,15-19)17-25/h1-3,6-7,19-22H,4-5,8-17H2,(H,27,30)/t19?,20?,21?,22-,25?,26?/m0/s1. The van der Waals surface area contributed by atoms with Crippen LogP contribution in [0.25, 0.3) is 0 Å². The van der Waals surface area contributed by atoms with Crippen molar-refractivity contribution >= 4 is 22.9 Å². The molecular formula is C26H34N2O2S. The zero-order valence-corrected chi connectivity index (χ0v) is 19.2. The van der Waals surface area contributed by atoms with Gasteiger partial charge in [0.05, 0.1) is 0 Å². The second-order valence-electron chi connectivity index (χ2n) is 11.1. The molecule has 5 fully saturated rings. The minimum Gasteiger partial charge on any atom is -0.332 e. The predicted octanol–water partition coefficient (Wildman–Crippen LogP) is 5.02. The second-order valence-corrected chi connectivity index (χ2v) is 12.2. The van der Waals surface area contributed by atoms with Crippen LogP contribution in [0.15, 0.2) is 30.3 Å².